The minimum Gasteiger partial charge on any atom is -0.354 e. The molecule has 6 nitrogen and oxygen atoms in total. The molecule has 2 N–H and O–H groups in total. The smallest absolute Gasteiger partial charge is 0.267 e. The van der Waals surface area contributed by atoms with Gasteiger partial charge in [-0.05, 0) is 43.3 Å². The number of H-pyrrole nitrogens is 1. The number of hydrogen-bond acceptors (Lipinski definition) is 4. The van der Waals surface area contributed by atoms with E-state index in [1.165, 1.54) is 5.56 Å². The van der Waals surface area contributed by atoms with Crippen LogP contribution in [0.5, 0.6) is 0 Å². The standard InChI is InChI=1S/C21H25N5O/c1-15-3-5-17-12-19(24-18(17)11-15)21(27)23-14-16-4-6-20(22-13-16)26-9-7-25(2)8-10-26/h3-6,11-13,24H,7-10,14H2,1-2H3,(H,23,27). The van der Waals surface area contributed by atoms with Gasteiger partial charge in [0.15, 0.2) is 0 Å². The number of nitrogens with one attached hydrogen (secondary N) is 2. The molecule has 2 aromatic heterocycles. The molecular weight excluding hydrogens is 338 g/mol. The minimum atomic E-state index is -0.105. The van der Waals surface area contributed by atoms with Crippen molar-refractivity contribution in [3.63, 3.8) is 0 Å². The van der Waals surface area contributed by atoms with Crippen LogP contribution < -0.4 is 10.2 Å². The van der Waals surface area contributed by atoms with Crippen LogP contribution in [0.1, 0.15) is 21.6 Å². The molecule has 0 unspecified atom stereocenters. The zero-order valence-corrected chi connectivity index (χ0v) is 15.8. The van der Waals surface area contributed by atoms with Crippen molar-refractivity contribution >= 4 is 22.6 Å². The molecule has 3 heterocycles. The van der Waals surface area contributed by atoms with E-state index in [-0.39, 0.29) is 5.91 Å². The minimum absolute atomic E-state index is 0.105. The van der Waals surface area contributed by atoms with Crippen molar-refractivity contribution in [1.82, 2.24) is 20.2 Å². The number of carbonyl (C=O) groups is 1. The Morgan fingerprint density at radius 3 is 2.70 bits per heavy atom. The topological polar surface area (TPSA) is 64.3 Å². The van der Waals surface area contributed by atoms with Gasteiger partial charge in [0.05, 0.1) is 0 Å². The number of piperazine rings is 1. The fourth-order valence-corrected chi connectivity index (χ4v) is 3.38. The number of pyridine rings is 1. The second kappa shape index (κ2) is 7.40. The van der Waals surface area contributed by atoms with E-state index in [1.807, 2.05) is 49.5 Å². The van der Waals surface area contributed by atoms with Gasteiger partial charge in [0.25, 0.3) is 5.91 Å². The zero-order chi connectivity index (χ0) is 18.8. The van der Waals surface area contributed by atoms with Gasteiger partial charge in [0, 0.05) is 49.8 Å². The summed E-state index contributed by atoms with van der Waals surface area (Å²) in [6, 6.07) is 12.1. The van der Waals surface area contributed by atoms with E-state index in [9.17, 15) is 4.79 Å². The molecule has 3 aromatic rings. The van der Waals surface area contributed by atoms with Crippen molar-refractivity contribution in [2.75, 3.05) is 38.1 Å². The Labute approximate surface area is 159 Å². The molecule has 1 amide bonds. The number of fused-ring (bicyclic) bond motifs is 1. The monoisotopic (exact) mass is 363 g/mol. The highest BCUT2D eigenvalue weighted by Crippen LogP contribution is 2.17. The van der Waals surface area contributed by atoms with Crippen LogP contribution in [-0.2, 0) is 6.54 Å². The lowest BCUT2D eigenvalue weighted by Gasteiger charge is -2.33. The Hall–Kier alpha value is -2.86. The predicted molar refractivity (Wildman–Crippen MR) is 108 cm³/mol. The molecule has 0 bridgehead atoms. The van der Waals surface area contributed by atoms with Crippen LogP contribution in [0.4, 0.5) is 5.82 Å². The Bertz CT molecular complexity index is 939. The van der Waals surface area contributed by atoms with E-state index in [0.29, 0.717) is 12.2 Å². The summed E-state index contributed by atoms with van der Waals surface area (Å²) in [4.78, 5) is 24.8. The van der Waals surface area contributed by atoms with Gasteiger partial charge in [-0.25, -0.2) is 4.98 Å². The van der Waals surface area contributed by atoms with Gasteiger partial charge in [-0.15, -0.1) is 0 Å². The summed E-state index contributed by atoms with van der Waals surface area (Å²) < 4.78 is 0. The Morgan fingerprint density at radius 1 is 1.15 bits per heavy atom. The molecule has 6 heteroatoms. The van der Waals surface area contributed by atoms with E-state index in [0.717, 1.165) is 48.5 Å². The molecule has 0 saturated carbocycles. The molecule has 0 aliphatic carbocycles. The third-order valence-corrected chi connectivity index (χ3v) is 5.11. The van der Waals surface area contributed by atoms with Gasteiger partial charge >= 0.3 is 0 Å². The highest BCUT2D eigenvalue weighted by Gasteiger charge is 2.15. The first kappa shape index (κ1) is 17.5. The largest absolute Gasteiger partial charge is 0.354 e. The summed E-state index contributed by atoms with van der Waals surface area (Å²) in [5.74, 6) is 0.899. The summed E-state index contributed by atoms with van der Waals surface area (Å²) in [5, 5.41) is 4.01. The zero-order valence-electron chi connectivity index (χ0n) is 15.8. The van der Waals surface area contributed by atoms with Crippen molar-refractivity contribution in [2.24, 2.45) is 0 Å². The average molecular weight is 363 g/mol. The molecule has 0 spiro atoms. The van der Waals surface area contributed by atoms with E-state index < -0.39 is 0 Å². The lowest BCUT2D eigenvalue weighted by atomic mass is 10.2. The highest BCUT2D eigenvalue weighted by atomic mass is 16.1. The molecule has 1 saturated heterocycles. The van der Waals surface area contributed by atoms with Gasteiger partial charge in [-0.2, -0.15) is 0 Å². The number of aryl methyl sites for hydroxylation is 1. The van der Waals surface area contributed by atoms with Crippen LogP contribution >= 0.6 is 0 Å². The lowest BCUT2D eigenvalue weighted by molar-refractivity contribution is 0.0946. The molecule has 0 radical (unpaired) electrons. The van der Waals surface area contributed by atoms with Gasteiger partial charge in [-0.3, -0.25) is 4.79 Å². The maximum atomic E-state index is 12.4. The van der Waals surface area contributed by atoms with Crippen LogP contribution in [0.2, 0.25) is 0 Å². The first-order valence-corrected chi connectivity index (χ1v) is 9.34. The van der Waals surface area contributed by atoms with Crippen molar-refractivity contribution < 1.29 is 4.79 Å². The SMILES string of the molecule is Cc1ccc2cc(C(=O)NCc3ccc(N4CCN(C)CC4)nc3)[nH]c2c1. The highest BCUT2D eigenvalue weighted by molar-refractivity contribution is 5.98. The first-order chi connectivity index (χ1) is 13.1. The average Bonchev–Trinajstić information content (AvgIpc) is 3.10. The van der Waals surface area contributed by atoms with Crippen molar-refractivity contribution in [1.29, 1.82) is 0 Å². The molecule has 140 valence electrons. The molecule has 1 fully saturated rings. The number of amides is 1. The Morgan fingerprint density at radius 2 is 1.96 bits per heavy atom. The first-order valence-electron chi connectivity index (χ1n) is 9.34. The molecule has 27 heavy (non-hydrogen) atoms. The number of aromatic amines is 1. The van der Waals surface area contributed by atoms with E-state index >= 15 is 0 Å². The Balaban J connectivity index is 1.37. The predicted octanol–water partition coefficient (Wildman–Crippen LogP) is 2.55. The van der Waals surface area contributed by atoms with Crippen LogP contribution in [-0.4, -0.2) is 54.0 Å². The van der Waals surface area contributed by atoms with Crippen molar-refractivity contribution in [3.05, 3.63) is 59.4 Å². The molecule has 1 aliphatic rings. The molecule has 0 atom stereocenters. The van der Waals surface area contributed by atoms with Crippen LogP contribution in [0.3, 0.4) is 0 Å². The fourth-order valence-electron chi connectivity index (χ4n) is 3.38. The summed E-state index contributed by atoms with van der Waals surface area (Å²) in [6.07, 6.45) is 1.85. The second-order valence-corrected chi connectivity index (χ2v) is 7.27. The Kier molecular flexibility index (Phi) is 4.81. The number of rotatable bonds is 4. The third-order valence-electron chi connectivity index (χ3n) is 5.11. The van der Waals surface area contributed by atoms with Gasteiger partial charge < -0.3 is 20.1 Å². The van der Waals surface area contributed by atoms with Crippen molar-refractivity contribution in [2.45, 2.75) is 13.5 Å². The number of benzene rings is 1. The van der Waals surface area contributed by atoms with E-state index in [2.05, 4.69) is 32.1 Å². The van der Waals surface area contributed by atoms with Crippen LogP contribution in [0.15, 0.2) is 42.6 Å². The number of nitrogens with zero attached hydrogens (tertiary/aromatic N) is 3. The fraction of sp³-hybridized carbons (Fsp3) is 0.333. The normalized spacial score (nSPS) is 15.3. The summed E-state index contributed by atoms with van der Waals surface area (Å²) in [6.45, 7) is 6.62. The van der Waals surface area contributed by atoms with Gasteiger partial charge in [-0.1, -0.05) is 18.2 Å². The number of hydrogen-bond donors (Lipinski definition) is 2. The molecular formula is C21H25N5O. The lowest BCUT2D eigenvalue weighted by Crippen LogP contribution is -2.44. The number of anilines is 1. The quantitative estimate of drug-likeness (QED) is 0.748. The molecule has 1 aromatic carbocycles. The maximum absolute atomic E-state index is 12.4. The van der Waals surface area contributed by atoms with E-state index in [4.69, 9.17) is 0 Å². The second-order valence-electron chi connectivity index (χ2n) is 7.27. The summed E-state index contributed by atoms with van der Waals surface area (Å²) in [5.41, 5.74) is 3.73. The van der Waals surface area contributed by atoms with Gasteiger partial charge in [0.1, 0.15) is 11.5 Å². The molecule has 1 aliphatic heterocycles. The third kappa shape index (κ3) is 3.95. The summed E-state index contributed by atoms with van der Waals surface area (Å²) in [7, 11) is 2.14. The molecule has 4 rings (SSSR count). The van der Waals surface area contributed by atoms with Crippen LogP contribution in [0, 0.1) is 6.92 Å². The number of carbonyl (C=O) groups excluding carboxylic acids is 1. The van der Waals surface area contributed by atoms with Crippen LogP contribution in [0.25, 0.3) is 10.9 Å². The van der Waals surface area contributed by atoms with E-state index in [1.54, 1.807) is 0 Å². The number of aromatic nitrogens is 2. The number of likely N-dealkylation sites (N-methyl/N-ethyl adjacent to an activating group) is 1. The van der Waals surface area contributed by atoms with Gasteiger partial charge in [0.2, 0.25) is 0 Å². The van der Waals surface area contributed by atoms with Crippen molar-refractivity contribution in [3.8, 4) is 0 Å². The summed E-state index contributed by atoms with van der Waals surface area (Å²) >= 11 is 0. The maximum Gasteiger partial charge on any atom is 0.267 e.